The van der Waals surface area contributed by atoms with Gasteiger partial charge in [0.15, 0.2) is 0 Å². The highest BCUT2D eigenvalue weighted by atomic mass is 19.1. The fourth-order valence-corrected chi connectivity index (χ4v) is 3.11. The molecule has 0 spiro atoms. The third-order valence-corrected chi connectivity index (χ3v) is 4.70. The third kappa shape index (κ3) is 3.53. The molecule has 1 saturated carbocycles. The smallest absolute Gasteiger partial charge is 0.213 e. The van der Waals surface area contributed by atoms with Gasteiger partial charge in [-0.25, -0.2) is 9.37 Å². The Morgan fingerprint density at radius 2 is 2.09 bits per heavy atom. The van der Waals surface area contributed by atoms with E-state index in [1.54, 1.807) is 12.1 Å². The first kappa shape index (κ1) is 14.6. The van der Waals surface area contributed by atoms with Crippen LogP contribution in [0.25, 0.3) is 0 Å². The van der Waals surface area contributed by atoms with Crippen molar-refractivity contribution in [2.45, 2.75) is 38.3 Å². The molecule has 23 heavy (non-hydrogen) atoms. The van der Waals surface area contributed by atoms with Gasteiger partial charge >= 0.3 is 0 Å². The number of pyridine rings is 1. The molecule has 1 unspecified atom stereocenters. The molecule has 0 bridgehead atoms. The van der Waals surface area contributed by atoms with Gasteiger partial charge in [-0.2, -0.15) is 0 Å². The van der Waals surface area contributed by atoms with Crippen LogP contribution in [0.1, 0.15) is 42.0 Å². The Balaban J connectivity index is 1.33. The van der Waals surface area contributed by atoms with E-state index in [4.69, 9.17) is 4.74 Å². The Hall–Kier alpha value is -1.94. The summed E-state index contributed by atoms with van der Waals surface area (Å²) in [6.07, 6.45) is 6.46. The van der Waals surface area contributed by atoms with Crippen molar-refractivity contribution in [2.75, 3.05) is 6.61 Å². The second-order valence-corrected chi connectivity index (χ2v) is 6.57. The van der Waals surface area contributed by atoms with Gasteiger partial charge in [0.25, 0.3) is 0 Å². The fourth-order valence-electron chi connectivity index (χ4n) is 3.11. The molecule has 0 saturated heterocycles. The highest BCUT2D eigenvalue weighted by Gasteiger charge is 2.23. The van der Waals surface area contributed by atoms with Gasteiger partial charge in [-0.3, -0.25) is 0 Å². The fraction of sp³-hybridized carbons (Fsp3) is 0.421. The van der Waals surface area contributed by atoms with E-state index in [-0.39, 0.29) is 11.9 Å². The predicted molar refractivity (Wildman–Crippen MR) is 86.8 cm³/mol. The minimum absolute atomic E-state index is 0.156. The number of nitrogens with zero attached hydrogens (tertiary/aromatic N) is 1. The first-order chi connectivity index (χ1) is 11.3. The van der Waals surface area contributed by atoms with Gasteiger partial charge in [-0.05, 0) is 60.4 Å². The Morgan fingerprint density at radius 3 is 2.87 bits per heavy atom. The molecule has 1 heterocycles. The zero-order valence-electron chi connectivity index (χ0n) is 13.1. The number of ether oxygens (including phenoxy) is 1. The van der Waals surface area contributed by atoms with E-state index in [1.807, 2.05) is 24.4 Å². The molecule has 1 N–H and O–H groups in total. The van der Waals surface area contributed by atoms with E-state index in [9.17, 15) is 4.39 Å². The summed E-state index contributed by atoms with van der Waals surface area (Å²) < 4.78 is 19.1. The van der Waals surface area contributed by atoms with E-state index in [0.29, 0.717) is 5.88 Å². The summed E-state index contributed by atoms with van der Waals surface area (Å²) in [5.74, 6) is 1.28. The summed E-state index contributed by atoms with van der Waals surface area (Å²) in [6.45, 7) is 1.52. The van der Waals surface area contributed by atoms with Crippen LogP contribution in [0.15, 0.2) is 36.5 Å². The molecule has 1 aromatic carbocycles. The Bertz CT molecular complexity index is 682. The van der Waals surface area contributed by atoms with Gasteiger partial charge in [0.1, 0.15) is 5.82 Å². The van der Waals surface area contributed by atoms with Crippen LogP contribution >= 0.6 is 0 Å². The van der Waals surface area contributed by atoms with E-state index in [2.05, 4.69) is 10.3 Å². The average Bonchev–Trinajstić information content (AvgIpc) is 3.32. The molecule has 0 amide bonds. The summed E-state index contributed by atoms with van der Waals surface area (Å²) >= 11 is 0. The molecular weight excluding hydrogens is 291 g/mol. The van der Waals surface area contributed by atoms with Crippen molar-refractivity contribution in [1.29, 1.82) is 0 Å². The minimum atomic E-state index is -0.156. The van der Waals surface area contributed by atoms with Crippen LogP contribution in [0.5, 0.6) is 5.88 Å². The number of aryl methyl sites for hydroxylation is 1. The minimum Gasteiger partial charge on any atom is -0.477 e. The molecule has 1 atom stereocenters. The maximum atomic E-state index is 13.4. The zero-order valence-corrected chi connectivity index (χ0v) is 13.1. The number of rotatable bonds is 6. The lowest BCUT2D eigenvalue weighted by Gasteiger charge is -2.14. The van der Waals surface area contributed by atoms with Gasteiger partial charge in [-0.1, -0.05) is 12.1 Å². The average molecular weight is 312 g/mol. The van der Waals surface area contributed by atoms with E-state index in [0.717, 1.165) is 43.0 Å². The van der Waals surface area contributed by atoms with Crippen molar-refractivity contribution in [3.8, 4) is 5.88 Å². The lowest BCUT2D eigenvalue weighted by atomic mass is 10.1. The largest absolute Gasteiger partial charge is 0.477 e. The molecule has 2 aliphatic rings. The van der Waals surface area contributed by atoms with Crippen molar-refractivity contribution in [1.82, 2.24) is 10.3 Å². The SMILES string of the molecule is Fc1ccc2c(c1)C(NCc1ccc(OCC3CC3)nc1)CC2. The number of benzene rings is 1. The molecule has 4 rings (SSSR count). The molecule has 1 aromatic heterocycles. The third-order valence-electron chi connectivity index (χ3n) is 4.70. The summed E-state index contributed by atoms with van der Waals surface area (Å²) in [4.78, 5) is 4.36. The molecule has 3 nitrogen and oxygen atoms in total. The zero-order chi connectivity index (χ0) is 15.6. The lowest BCUT2D eigenvalue weighted by Crippen LogP contribution is -2.18. The Kier molecular flexibility index (Phi) is 4.00. The van der Waals surface area contributed by atoms with Gasteiger partial charge in [0.2, 0.25) is 5.88 Å². The van der Waals surface area contributed by atoms with Crippen molar-refractivity contribution in [2.24, 2.45) is 5.92 Å². The summed E-state index contributed by atoms with van der Waals surface area (Å²) in [5, 5.41) is 3.51. The van der Waals surface area contributed by atoms with Crippen molar-refractivity contribution >= 4 is 0 Å². The van der Waals surface area contributed by atoms with E-state index >= 15 is 0 Å². The van der Waals surface area contributed by atoms with Crippen molar-refractivity contribution in [3.05, 3.63) is 59.0 Å². The second-order valence-electron chi connectivity index (χ2n) is 6.57. The van der Waals surface area contributed by atoms with Crippen LogP contribution in [0, 0.1) is 11.7 Å². The van der Waals surface area contributed by atoms with Crippen LogP contribution in [0.3, 0.4) is 0 Å². The number of halogens is 1. The molecule has 0 radical (unpaired) electrons. The van der Waals surface area contributed by atoms with Crippen molar-refractivity contribution in [3.63, 3.8) is 0 Å². The monoisotopic (exact) mass is 312 g/mol. The number of hydrogen-bond donors (Lipinski definition) is 1. The molecule has 4 heteroatoms. The second kappa shape index (κ2) is 6.28. The summed E-state index contributed by atoms with van der Waals surface area (Å²) in [6, 6.07) is 9.32. The van der Waals surface area contributed by atoms with E-state index in [1.165, 1.54) is 18.4 Å². The van der Waals surface area contributed by atoms with Gasteiger partial charge in [0.05, 0.1) is 6.61 Å². The summed E-state index contributed by atoms with van der Waals surface area (Å²) in [7, 11) is 0. The van der Waals surface area contributed by atoms with Gasteiger partial charge in [-0.15, -0.1) is 0 Å². The normalized spacial score (nSPS) is 19.6. The summed E-state index contributed by atoms with van der Waals surface area (Å²) in [5.41, 5.74) is 3.47. The first-order valence-corrected chi connectivity index (χ1v) is 8.37. The van der Waals surface area contributed by atoms with Gasteiger partial charge < -0.3 is 10.1 Å². The quantitative estimate of drug-likeness (QED) is 0.881. The molecule has 120 valence electrons. The topological polar surface area (TPSA) is 34.1 Å². The number of hydrogen-bond acceptors (Lipinski definition) is 3. The first-order valence-electron chi connectivity index (χ1n) is 8.37. The van der Waals surface area contributed by atoms with E-state index < -0.39 is 0 Å². The van der Waals surface area contributed by atoms with Crippen LogP contribution in [0.2, 0.25) is 0 Å². The van der Waals surface area contributed by atoms with Crippen LogP contribution in [-0.2, 0) is 13.0 Å². The van der Waals surface area contributed by atoms with Gasteiger partial charge in [0, 0.05) is 24.8 Å². The molecular formula is C19H21FN2O. The maximum Gasteiger partial charge on any atom is 0.213 e. The molecule has 2 aromatic rings. The standard InChI is InChI=1S/C19H21FN2O/c20-16-6-4-15-5-7-18(17(15)9-16)21-10-14-3-8-19(22-11-14)23-12-13-1-2-13/h3-4,6,8-9,11,13,18,21H,1-2,5,7,10,12H2. The van der Waals surface area contributed by atoms with Crippen LogP contribution in [0.4, 0.5) is 4.39 Å². The maximum absolute atomic E-state index is 13.4. The van der Waals surface area contributed by atoms with Crippen LogP contribution < -0.4 is 10.1 Å². The number of nitrogens with one attached hydrogen (secondary N) is 1. The molecule has 2 aliphatic carbocycles. The molecule has 0 aliphatic heterocycles. The predicted octanol–water partition coefficient (Wildman–Crippen LogP) is 3.79. The van der Waals surface area contributed by atoms with Crippen molar-refractivity contribution < 1.29 is 9.13 Å². The highest BCUT2D eigenvalue weighted by molar-refractivity contribution is 5.35. The highest BCUT2D eigenvalue weighted by Crippen LogP contribution is 2.32. The lowest BCUT2D eigenvalue weighted by molar-refractivity contribution is 0.288. The number of fused-ring (bicyclic) bond motifs is 1. The molecule has 1 fully saturated rings. The Labute approximate surface area is 135 Å². The Morgan fingerprint density at radius 1 is 1.17 bits per heavy atom. The number of aromatic nitrogens is 1. The van der Waals surface area contributed by atoms with Crippen LogP contribution in [-0.4, -0.2) is 11.6 Å².